The molecule has 2 N–H and O–H groups in total. The molecule has 1 aliphatic rings. The van der Waals surface area contributed by atoms with Crippen LogP contribution in [0.5, 0.6) is 0 Å². The number of hydrogen-bond acceptors (Lipinski definition) is 4. The van der Waals surface area contributed by atoms with Crippen LogP contribution in [-0.2, 0) is 14.8 Å². The van der Waals surface area contributed by atoms with E-state index in [4.69, 9.17) is 16.7 Å². The summed E-state index contributed by atoms with van der Waals surface area (Å²) >= 11 is 5.75. The average molecular weight is 323 g/mol. The summed E-state index contributed by atoms with van der Waals surface area (Å²) in [5, 5.41) is 11.6. The van der Waals surface area contributed by atoms with Crippen LogP contribution < -0.4 is 5.32 Å². The standard InChI is InChI=1S/C11H12ClFN2O4S/c12-8-5-7(13)1-2-10(8)20(18,19)15-4-3-14-6-9(15)11(16)17/h1-2,5,9,14H,3-4,6H2,(H,16,17). The highest BCUT2D eigenvalue weighted by atomic mass is 35.5. The van der Waals surface area contributed by atoms with Gasteiger partial charge in [-0.25, -0.2) is 12.8 Å². The summed E-state index contributed by atoms with van der Waals surface area (Å²) in [5.41, 5.74) is 0. The third-order valence-electron chi connectivity index (χ3n) is 2.96. The molecule has 0 aromatic heterocycles. The van der Waals surface area contributed by atoms with Crippen LogP contribution in [0, 0.1) is 5.82 Å². The minimum absolute atomic E-state index is 0.00695. The summed E-state index contributed by atoms with van der Waals surface area (Å²) in [5.74, 6) is -1.91. The van der Waals surface area contributed by atoms with Crippen molar-refractivity contribution in [1.29, 1.82) is 0 Å². The number of piperazine rings is 1. The quantitative estimate of drug-likeness (QED) is 0.847. The van der Waals surface area contributed by atoms with Crippen molar-refractivity contribution in [3.8, 4) is 0 Å². The van der Waals surface area contributed by atoms with E-state index < -0.39 is 27.9 Å². The van der Waals surface area contributed by atoms with Gasteiger partial charge < -0.3 is 10.4 Å². The number of hydrogen-bond donors (Lipinski definition) is 2. The van der Waals surface area contributed by atoms with Gasteiger partial charge in [0.15, 0.2) is 0 Å². The highest BCUT2D eigenvalue weighted by molar-refractivity contribution is 7.89. The van der Waals surface area contributed by atoms with E-state index in [9.17, 15) is 17.6 Å². The number of carbonyl (C=O) groups is 1. The summed E-state index contributed by atoms with van der Waals surface area (Å²) in [6, 6.07) is 1.67. The number of sulfonamides is 1. The van der Waals surface area contributed by atoms with Gasteiger partial charge in [-0.15, -0.1) is 0 Å². The predicted molar refractivity (Wildman–Crippen MR) is 69.6 cm³/mol. The van der Waals surface area contributed by atoms with Crippen molar-refractivity contribution in [2.75, 3.05) is 19.6 Å². The first-order valence-electron chi connectivity index (χ1n) is 5.74. The summed E-state index contributed by atoms with van der Waals surface area (Å²) in [7, 11) is -4.09. The molecule has 1 aromatic rings. The molecule has 1 fully saturated rings. The molecule has 1 heterocycles. The van der Waals surface area contributed by atoms with Gasteiger partial charge in [-0.3, -0.25) is 4.79 Å². The molecule has 110 valence electrons. The van der Waals surface area contributed by atoms with E-state index in [2.05, 4.69) is 5.32 Å². The van der Waals surface area contributed by atoms with E-state index in [1.165, 1.54) is 0 Å². The Kier molecular flexibility index (Phi) is 4.28. The van der Waals surface area contributed by atoms with Crippen molar-refractivity contribution in [2.45, 2.75) is 10.9 Å². The zero-order valence-corrected chi connectivity index (χ0v) is 11.8. The average Bonchev–Trinajstić information content (AvgIpc) is 2.38. The van der Waals surface area contributed by atoms with Gasteiger partial charge in [0.05, 0.1) is 5.02 Å². The molecule has 0 amide bonds. The van der Waals surface area contributed by atoms with Crippen molar-refractivity contribution in [1.82, 2.24) is 9.62 Å². The van der Waals surface area contributed by atoms with Crippen LogP contribution in [0.3, 0.4) is 0 Å². The van der Waals surface area contributed by atoms with Crippen LogP contribution in [0.15, 0.2) is 23.1 Å². The number of rotatable bonds is 3. The topological polar surface area (TPSA) is 86.7 Å². The minimum atomic E-state index is -4.09. The fraction of sp³-hybridized carbons (Fsp3) is 0.364. The minimum Gasteiger partial charge on any atom is -0.480 e. The molecular weight excluding hydrogens is 311 g/mol. The predicted octanol–water partition coefficient (Wildman–Crippen LogP) is 0.526. The smallest absolute Gasteiger partial charge is 0.323 e. The lowest BCUT2D eigenvalue weighted by atomic mass is 10.2. The number of nitrogens with one attached hydrogen (secondary N) is 1. The Morgan fingerprint density at radius 3 is 2.80 bits per heavy atom. The van der Waals surface area contributed by atoms with E-state index in [0.717, 1.165) is 22.5 Å². The van der Waals surface area contributed by atoms with Gasteiger partial charge in [-0.2, -0.15) is 4.31 Å². The zero-order valence-electron chi connectivity index (χ0n) is 10.2. The first-order valence-corrected chi connectivity index (χ1v) is 7.56. The first-order chi connectivity index (χ1) is 9.34. The van der Waals surface area contributed by atoms with Crippen LogP contribution in [0.1, 0.15) is 0 Å². The SMILES string of the molecule is O=C(O)C1CNCCN1S(=O)(=O)c1ccc(F)cc1Cl. The Morgan fingerprint density at radius 2 is 2.20 bits per heavy atom. The lowest BCUT2D eigenvalue weighted by molar-refractivity contribution is -0.141. The maximum atomic E-state index is 13.0. The Bertz CT molecular complexity index is 637. The van der Waals surface area contributed by atoms with Crippen LogP contribution in [0.25, 0.3) is 0 Å². The van der Waals surface area contributed by atoms with Crippen LogP contribution in [0.2, 0.25) is 5.02 Å². The molecule has 1 aliphatic heterocycles. The van der Waals surface area contributed by atoms with Crippen molar-refractivity contribution in [3.05, 3.63) is 29.0 Å². The molecule has 1 saturated heterocycles. The molecule has 20 heavy (non-hydrogen) atoms. The number of carboxylic acids is 1. The van der Waals surface area contributed by atoms with E-state index in [-0.39, 0.29) is 23.0 Å². The molecule has 0 bridgehead atoms. The summed E-state index contributed by atoms with van der Waals surface area (Å²) in [6.45, 7) is 0.349. The molecule has 9 heteroatoms. The van der Waals surface area contributed by atoms with Gasteiger partial charge in [0, 0.05) is 19.6 Å². The highest BCUT2D eigenvalue weighted by Crippen LogP contribution is 2.27. The van der Waals surface area contributed by atoms with E-state index >= 15 is 0 Å². The van der Waals surface area contributed by atoms with Gasteiger partial charge in [0.1, 0.15) is 16.8 Å². The van der Waals surface area contributed by atoms with E-state index in [0.29, 0.717) is 6.54 Å². The fourth-order valence-corrected chi connectivity index (χ4v) is 4.08. The van der Waals surface area contributed by atoms with Gasteiger partial charge in [-0.1, -0.05) is 11.6 Å². The Hall–Kier alpha value is -1.22. The van der Waals surface area contributed by atoms with E-state index in [1.807, 2.05) is 0 Å². The Balaban J connectivity index is 2.45. The fourth-order valence-electron chi connectivity index (χ4n) is 1.99. The number of halogens is 2. The molecule has 1 unspecified atom stereocenters. The van der Waals surface area contributed by atoms with Crippen molar-refractivity contribution < 1.29 is 22.7 Å². The number of aliphatic carboxylic acids is 1. The molecule has 0 saturated carbocycles. The summed E-state index contributed by atoms with van der Waals surface area (Å²) < 4.78 is 38.8. The lowest BCUT2D eigenvalue weighted by Gasteiger charge is -2.32. The van der Waals surface area contributed by atoms with Crippen molar-refractivity contribution >= 4 is 27.6 Å². The maximum absolute atomic E-state index is 13.0. The molecule has 1 aromatic carbocycles. The van der Waals surface area contributed by atoms with Gasteiger partial charge >= 0.3 is 5.97 Å². The van der Waals surface area contributed by atoms with E-state index in [1.54, 1.807) is 0 Å². The second kappa shape index (κ2) is 5.65. The van der Waals surface area contributed by atoms with Crippen LogP contribution in [-0.4, -0.2) is 49.5 Å². The van der Waals surface area contributed by atoms with Gasteiger partial charge in [-0.05, 0) is 18.2 Å². The number of carboxylic acid groups (broad SMARTS) is 1. The summed E-state index contributed by atoms with van der Waals surface area (Å²) in [4.78, 5) is 10.8. The summed E-state index contributed by atoms with van der Waals surface area (Å²) in [6.07, 6.45) is 0. The number of benzene rings is 1. The van der Waals surface area contributed by atoms with Gasteiger partial charge in [0.25, 0.3) is 0 Å². The number of nitrogens with zero attached hydrogens (tertiary/aromatic N) is 1. The molecule has 0 spiro atoms. The molecule has 0 aliphatic carbocycles. The lowest BCUT2D eigenvalue weighted by Crippen LogP contribution is -2.56. The monoisotopic (exact) mass is 322 g/mol. The molecule has 1 atom stereocenters. The normalized spacial score (nSPS) is 20.8. The maximum Gasteiger partial charge on any atom is 0.323 e. The van der Waals surface area contributed by atoms with Crippen molar-refractivity contribution in [3.63, 3.8) is 0 Å². The first kappa shape index (κ1) is 15.2. The molecular formula is C11H12ClFN2O4S. The molecule has 2 rings (SSSR count). The second-order valence-electron chi connectivity index (χ2n) is 4.25. The molecule has 0 radical (unpaired) electrons. The Labute approximate surface area is 120 Å². The Morgan fingerprint density at radius 1 is 1.50 bits per heavy atom. The van der Waals surface area contributed by atoms with Crippen molar-refractivity contribution in [2.24, 2.45) is 0 Å². The second-order valence-corrected chi connectivity index (χ2v) is 6.51. The van der Waals surface area contributed by atoms with Crippen LogP contribution >= 0.6 is 11.6 Å². The van der Waals surface area contributed by atoms with Crippen LogP contribution in [0.4, 0.5) is 4.39 Å². The largest absolute Gasteiger partial charge is 0.480 e. The third kappa shape index (κ3) is 2.78. The molecule has 6 nitrogen and oxygen atoms in total. The zero-order chi connectivity index (χ0) is 14.9. The third-order valence-corrected chi connectivity index (χ3v) is 5.35. The highest BCUT2D eigenvalue weighted by Gasteiger charge is 2.38. The van der Waals surface area contributed by atoms with Gasteiger partial charge in [0.2, 0.25) is 10.0 Å².